The lowest BCUT2D eigenvalue weighted by atomic mass is 10.1. The van der Waals surface area contributed by atoms with E-state index in [1.807, 2.05) is 19.4 Å². The highest BCUT2D eigenvalue weighted by atomic mass is 127. The van der Waals surface area contributed by atoms with E-state index in [-0.39, 0.29) is 35.1 Å². The molecule has 0 spiro atoms. The number of aliphatic imine (C=N–C) groups is 1. The molecule has 1 saturated heterocycles. The highest BCUT2D eigenvalue weighted by Crippen LogP contribution is 2.22. The summed E-state index contributed by atoms with van der Waals surface area (Å²) >= 11 is 5.83. The number of aryl methyl sites for hydroxylation is 1. The van der Waals surface area contributed by atoms with E-state index in [0.717, 1.165) is 23.6 Å². The highest BCUT2D eigenvalue weighted by molar-refractivity contribution is 14.0. The van der Waals surface area contributed by atoms with Gasteiger partial charge in [0.2, 0.25) is 0 Å². The molecule has 0 amide bonds. The largest absolute Gasteiger partial charge is 0.370 e. The zero-order valence-corrected chi connectivity index (χ0v) is 17.7. The van der Waals surface area contributed by atoms with Crippen molar-refractivity contribution in [3.05, 3.63) is 52.6 Å². The van der Waals surface area contributed by atoms with E-state index >= 15 is 0 Å². The smallest absolute Gasteiger partial charge is 0.194 e. The van der Waals surface area contributed by atoms with Crippen LogP contribution in [0.1, 0.15) is 17.2 Å². The second-order valence-electron chi connectivity index (χ2n) is 5.90. The number of nitrogens with zero attached hydrogens (tertiary/aromatic N) is 4. The molecule has 0 radical (unpaired) electrons. The fourth-order valence-electron chi connectivity index (χ4n) is 2.81. The van der Waals surface area contributed by atoms with Crippen molar-refractivity contribution >= 4 is 41.5 Å². The standard InChI is InChI=1S/C17H21ClFN5O.HI/c1-20-17(21-8-12-3-4-15(19)14(18)7-12)24-5-6-25-16(11-24)13-9-22-23(2)10-13;/h3-4,7,9-10,16H,5-6,8,11H2,1-2H3,(H,20,21);1H. The van der Waals surface area contributed by atoms with Gasteiger partial charge in [-0.3, -0.25) is 9.67 Å². The maximum Gasteiger partial charge on any atom is 0.194 e. The number of morpholine rings is 1. The third-order valence-electron chi connectivity index (χ3n) is 4.11. The Balaban J connectivity index is 0.00000243. The Morgan fingerprint density at radius 2 is 2.31 bits per heavy atom. The third-order valence-corrected chi connectivity index (χ3v) is 4.40. The molecule has 1 aromatic heterocycles. The zero-order valence-electron chi connectivity index (χ0n) is 14.7. The van der Waals surface area contributed by atoms with Crippen molar-refractivity contribution in [2.24, 2.45) is 12.0 Å². The summed E-state index contributed by atoms with van der Waals surface area (Å²) in [4.78, 5) is 6.49. The minimum absolute atomic E-state index is 0. The summed E-state index contributed by atoms with van der Waals surface area (Å²) in [7, 11) is 3.63. The molecule has 1 aliphatic heterocycles. The van der Waals surface area contributed by atoms with Crippen molar-refractivity contribution in [2.45, 2.75) is 12.6 Å². The minimum Gasteiger partial charge on any atom is -0.370 e. The number of ether oxygens (including phenoxy) is 1. The molecule has 9 heteroatoms. The molecule has 2 aromatic rings. The summed E-state index contributed by atoms with van der Waals surface area (Å²) in [5, 5.41) is 7.62. The van der Waals surface area contributed by atoms with E-state index in [1.54, 1.807) is 23.9 Å². The minimum atomic E-state index is -0.415. The van der Waals surface area contributed by atoms with Gasteiger partial charge in [-0.2, -0.15) is 5.10 Å². The van der Waals surface area contributed by atoms with Gasteiger partial charge in [-0.05, 0) is 17.7 Å². The zero-order chi connectivity index (χ0) is 17.8. The van der Waals surface area contributed by atoms with Crippen LogP contribution in [0.4, 0.5) is 4.39 Å². The molecular weight excluding hydrogens is 472 g/mol. The van der Waals surface area contributed by atoms with E-state index in [4.69, 9.17) is 16.3 Å². The Morgan fingerprint density at radius 1 is 1.50 bits per heavy atom. The molecule has 6 nitrogen and oxygen atoms in total. The van der Waals surface area contributed by atoms with Crippen LogP contribution in [0.25, 0.3) is 0 Å². The average Bonchev–Trinajstić information content (AvgIpc) is 3.05. The van der Waals surface area contributed by atoms with Crippen LogP contribution >= 0.6 is 35.6 Å². The van der Waals surface area contributed by atoms with Gasteiger partial charge >= 0.3 is 0 Å². The fourth-order valence-corrected chi connectivity index (χ4v) is 3.02. The number of aromatic nitrogens is 2. The molecule has 1 fully saturated rings. The molecule has 3 rings (SSSR count). The lowest BCUT2D eigenvalue weighted by molar-refractivity contribution is -0.00805. The molecule has 142 valence electrons. The summed E-state index contributed by atoms with van der Waals surface area (Å²) in [5.41, 5.74) is 1.94. The Hall–Kier alpha value is -1.39. The predicted octanol–water partition coefficient (Wildman–Crippen LogP) is 2.98. The Bertz CT molecular complexity index is 769. The number of benzene rings is 1. The maximum atomic E-state index is 13.3. The molecule has 0 bridgehead atoms. The second kappa shape index (κ2) is 9.52. The van der Waals surface area contributed by atoms with Gasteiger partial charge in [0.05, 0.1) is 24.4 Å². The van der Waals surface area contributed by atoms with Crippen LogP contribution in [-0.4, -0.2) is 47.4 Å². The Morgan fingerprint density at radius 3 is 2.96 bits per heavy atom. The molecule has 1 N–H and O–H groups in total. The van der Waals surface area contributed by atoms with E-state index < -0.39 is 5.82 Å². The Kier molecular flexibility index (Phi) is 7.66. The number of halogens is 3. The van der Waals surface area contributed by atoms with E-state index in [0.29, 0.717) is 19.7 Å². The van der Waals surface area contributed by atoms with Crippen molar-refractivity contribution in [3.8, 4) is 0 Å². The summed E-state index contributed by atoms with van der Waals surface area (Å²) in [6, 6.07) is 4.70. The first-order valence-electron chi connectivity index (χ1n) is 8.06. The quantitative estimate of drug-likeness (QED) is 0.406. The summed E-state index contributed by atoms with van der Waals surface area (Å²) in [6.45, 7) is 2.57. The van der Waals surface area contributed by atoms with Crippen molar-refractivity contribution in [2.75, 3.05) is 26.7 Å². The first-order chi connectivity index (χ1) is 12.1. The van der Waals surface area contributed by atoms with Gasteiger partial charge in [0.1, 0.15) is 11.9 Å². The first kappa shape index (κ1) is 20.9. The third kappa shape index (κ3) is 5.08. The molecule has 1 aromatic carbocycles. The molecule has 26 heavy (non-hydrogen) atoms. The van der Waals surface area contributed by atoms with Gasteiger partial charge in [0.15, 0.2) is 5.96 Å². The van der Waals surface area contributed by atoms with Gasteiger partial charge in [0, 0.05) is 38.9 Å². The van der Waals surface area contributed by atoms with Gasteiger partial charge in [0.25, 0.3) is 0 Å². The number of nitrogens with one attached hydrogen (secondary N) is 1. The van der Waals surface area contributed by atoms with Gasteiger partial charge in [-0.25, -0.2) is 4.39 Å². The fraction of sp³-hybridized carbons (Fsp3) is 0.412. The lowest BCUT2D eigenvalue weighted by Gasteiger charge is -2.34. The monoisotopic (exact) mass is 493 g/mol. The molecule has 0 saturated carbocycles. The van der Waals surface area contributed by atoms with Gasteiger partial charge in [-0.1, -0.05) is 17.7 Å². The van der Waals surface area contributed by atoms with Crippen molar-refractivity contribution in [1.82, 2.24) is 20.0 Å². The summed E-state index contributed by atoms with van der Waals surface area (Å²) in [5.74, 6) is 0.361. The van der Waals surface area contributed by atoms with Crippen LogP contribution in [0, 0.1) is 5.82 Å². The van der Waals surface area contributed by atoms with Crippen LogP contribution in [-0.2, 0) is 18.3 Å². The Labute approximate surface area is 174 Å². The van der Waals surface area contributed by atoms with Crippen LogP contribution in [0.5, 0.6) is 0 Å². The van der Waals surface area contributed by atoms with Crippen LogP contribution in [0.2, 0.25) is 5.02 Å². The molecule has 1 unspecified atom stereocenters. The van der Waals surface area contributed by atoms with Gasteiger partial charge in [-0.15, -0.1) is 24.0 Å². The van der Waals surface area contributed by atoms with Crippen LogP contribution in [0.15, 0.2) is 35.6 Å². The van der Waals surface area contributed by atoms with E-state index in [9.17, 15) is 4.39 Å². The van der Waals surface area contributed by atoms with Crippen molar-refractivity contribution in [3.63, 3.8) is 0 Å². The second-order valence-corrected chi connectivity index (χ2v) is 6.31. The highest BCUT2D eigenvalue weighted by Gasteiger charge is 2.25. The normalized spacial score (nSPS) is 17.8. The molecule has 2 heterocycles. The lowest BCUT2D eigenvalue weighted by Crippen LogP contribution is -2.47. The van der Waals surface area contributed by atoms with E-state index in [1.165, 1.54) is 6.07 Å². The topological polar surface area (TPSA) is 54.7 Å². The van der Waals surface area contributed by atoms with Crippen LogP contribution < -0.4 is 5.32 Å². The maximum absolute atomic E-state index is 13.3. The average molecular weight is 494 g/mol. The number of guanidine groups is 1. The van der Waals surface area contributed by atoms with Crippen molar-refractivity contribution < 1.29 is 9.13 Å². The first-order valence-corrected chi connectivity index (χ1v) is 8.44. The van der Waals surface area contributed by atoms with Crippen molar-refractivity contribution in [1.29, 1.82) is 0 Å². The predicted molar refractivity (Wildman–Crippen MR) is 110 cm³/mol. The number of rotatable bonds is 3. The SMILES string of the molecule is CN=C(NCc1ccc(F)c(Cl)c1)N1CCOC(c2cnn(C)c2)C1.I. The molecule has 1 aliphatic rings. The number of hydrogen-bond acceptors (Lipinski definition) is 3. The summed E-state index contributed by atoms with van der Waals surface area (Å²) in [6.07, 6.45) is 3.75. The van der Waals surface area contributed by atoms with Crippen LogP contribution in [0.3, 0.4) is 0 Å². The molecular formula is C17H22ClFIN5O. The van der Waals surface area contributed by atoms with E-state index in [2.05, 4.69) is 20.3 Å². The number of hydrogen-bond donors (Lipinski definition) is 1. The summed E-state index contributed by atoms with van der Waals surface area (Å²) < 4.78 is 20.9. The molecule has 0 aliphatic carbocycles. The van der Waals surface area contributed by atoms with Gasteiger partial charge < -0.3 is 15.0 Å². The molecule has 1 atom stereocenters.